The molecular formula is C21H19ClFN5O3S. The number of hydrogen-bond donors (Lipinski definition) is 1. The molecule has 11 heteroatoms. The van der Waals surface area contributed by atoms with Crippen molar-refractivity contribution in [1.29, 1.82) is 0 Å². The Bertz CT molecular complexity index is 1340. The number of aliphatic hydroxyl groups is 1. The predicted molar refractivity (Wildman–Crippen MR) is 118 cm³/mol. The van der Waals surface area contributed by atoms with E-state index in [0.29, 0.717) is 26.4 Å². The van der Waals surface area contributed by atoms with Crippen LogP contribution >= 0.6 is 22.9 Å². The average Bonchev–Trinajstić information content (AvgIpc) is 3.28. The van der Waals surface area contributed by atoms with E-state index >= 15 is 0 Å². The van der Waals surface area contributed by atoms with Crippen LogP contribution in [0.25, 0.3) is 5.69 Å². The van der Waals surface area contributed by atoms with Crippen LogP contribution in [-0.2, 0) is 12.1 Å². The molecule has 0 fully saturated rings. The first-order valence-electron chi connectivity index (χ1n) is 9.54. The van der Waals surface area contributed by atoms with Gasteiger partial charge >= 0.3 is 5.69 Å². The third-order valence-corrected chi connectivity index (χ3v) is 6.28. The van der Waals surface area contributed by atoms with Crippen LogP contribution in [0.15, 0.2) is 47.8 Å². The van der Waals surface area contributed by atoms with E-state index in [4.69, 9.17) is 16.3 Å². The average molecular weight is 476 g/mol. The third kappa shape index (κ3) is 4.43. The molecule has 0 aliphatic heterocycles. The van der Waals surface area contributed by atoms with Crippen LogP contribution in [0.5, 0.6) is 10.8 Å². The summed E-state index contributed by atoms with van der Waals surface area (Å²) >= 11 is 7.27. The highest BCUT2D eigenvalue weighted by molar-refractivity contribution is 7.13. The number of ether oxygens (including phenoxy) is 1. The highest BCUT2D eigenvalue weighted by atomic mass is 35.5. The van der Waals surface area contributed by atoms with Gasteiger partial charge in [0.15, 0.2) is 11.6 Å². The fraction of sp³-hybridized carbons (Fsp3) is 0.238. The van der Waals surface area contributed by atoms with Crippen LogP contribution in [0.3, 0.4) is 0 Å². The lowest BCUT2D eigenvalue weighted by Crippen LogP contribution is -2.24. The van der Waals surface area contributed by atoms with E-state index in [1.807, 2.05) is 0 Å². The molecule has 0 spiro atoms. The topological polar surface area (TPSA) is 95.1 Å². The largest absolute Gasteiger partial charge is 0.442 e. The highest BCUT2D eigenvalue weighted by Crippen LogP contribution is 2.36. The van der Waals surface area contributed by atoms with Gasteiger partial charge in [0.25, 0.3) is 0 Å². The monoisotopic (exact) mass is 475 g/mol. The summed E-state index contributed by atoms with van der Waals surface area (Å²) in [6.45, 7) is 5.13. The Kier molecular flexibility index (Phi) is 5.85. The van der Waals surface area contributed by atoms with E-state index in [9.17, 15) is 14.3 Å². The number of pyridine rings is 1. The van der Waals surface area contributed by atoms with Gasteiger partial charge in [-0.05, 0) is 39.0 Å². The first kappa shape index (κ1) is 22.1. The van der Waals surface area contributed by atoms with Gasteiger partial charge in [-0.1, -0.05) is 22.9 Å². The van der Waals surface area contributed by atoms with Crippen molar-refractivity contribution >= 4 is 22.9 Å². The molecule has 3 aromatic heterocycles. The predicted octanol–water partition coefficient (Wildman–Crippen LogP) is 4.05. The Morgan fingerprint density at radius 2 is 2.09 bits per heavy atom. The fourth-order valence-corrected chi connectivity index (χ4v) is 3.97. The van der Waals surface area contributed by atoms with Crippen molar-refractivity contribution in [2.24, 2.45) is 0 Å². The minimum Gasteiger partial charge on any atom is -0.442 e. The Morgan fingerprint density at radius 3 is 2.75 bits per heavy atom. The van der Waals surface area contributed by atoms with Gasteiger partial charge in [-0.25, -0.2) is 14.2 Å². The standard InChI is InChI=1S/C21H19ClFN5O3S/c1-12-18(32-19(26-12)21(2,3)30)31-17-5-4-14(8-16(17)23)28-20(29)27(11-25-28)10-13-9-24-7-6-15(13)22/h4-9,11,30H,10H2,1-3H3. The lowest BCUT2D eigenvalue weighted by atomic mass is 10.2. The van der Waals surface area contributed by atoms with E-state index in [1.54, 1.807) is 39.2 Å². The zero-order valence-electron chi connectivity index (χ0n) is 17.4. The first-order valence-corrected chi connectivity index (χ1v) is 10.7. The molecular weight excluding hydrogens is 457 g/mol. The maximum absolute atomic E-state index is 14.8. The normalized spacial score (nSPS) is 11.7. The molecule has 0 aliphatic carbocycles. The number of halogens is 2. The minimum atomic E-state index is -1.13. The van der Waals surface area contributed by atoms with Crippen molar-refractivity contribution in [2.75, 3.05) is 0 Å². The van der Waals surface area contributed by atoms with Crippen molar-refractivity contribution in [3.63, 3.8) is 0 Å². The van der Waals surface area contributed by atoms with E-state index in [2.05, 4.69) is 15.1 Å². The molecule has 0 amide bonds. The van der Waals surface area contributed by atoms with Crippen LogP contribution in [0.2, 0.25) is 5.02 Å². The summed E-state index contributed by atoms with van der Waals surface area (Å²) < 4.78 is 22.9. The maximum atomic E-state index is 14.8. The van der Waals surface area contributed by atoms with E-state index in [0.717, 1.165) is 16.0 Å². The van der Waals surface area contributed by atoms with Crippen LogP contribution < -0.4 is 10.4 Å². The second-order valence-electron chi connectivity index (χ2n) is 7.59. The maximum Gasteiger partial charge on any atom is 0.350 e. The van der Waals surface area contributed by atoms with Crippen molar-refractivity contribution in [1.82, 2.24) is 24.3 Å². The number of benzene rings is 1. The Balaban J connectivity index is 1.58. The molecule has 0 radical (unpaired) electrons. The van der Waals surface area contributed by atoms with Gasteiger partial charge in [-0.3, -0.25) is 9.55 Å². The molecule has 0 aliphatic rings. The lowest BCUT2D eigenvalue weighted by Gasteiger charge is -2.12. The molecule has 166 valence electrons. The van der Waals surface area contributed by atoms with Gasteiger partial charge in [-0.15, -0.1) is 0 Å². The molecule has 4 rings (SSSR count). The zero-order valence-corrected chi connectivity index (χ0v) is 19.0. The zero-order chi connectivity index (χ0) is 23.0. The molecule has 4 aromatic rings. The summed E-state index contributed by atoms with van der Waals surface area (Å²) in [7, 11) is 0. The summed E-state index contributed by atoms with van der Waals surface area (Å²) in [5.74, 6) is -0.700. The number of thiazole rings is 1. The van der Waals surface area contributed by atoms with Gasteiger partial charge in [-0.2, -0.15) is 9.78 Å². The van der Waals surface area contributed by atoms with E-state index < -0.39 is 17.1 Å². The number of aryl methyl sites for hydroxylation is 1. The Labute approximate surface area is 191 Å². The SMILES string of the molecule is Cc1nc(C(C)(C)O)sc1Oc1ccc(-n2ncn(Cc3cnccc3Cl)c2=O)cc1F. The summed E-state index contributed by atoms with van der Waals surface area (Å²) in [6.07, 6.45) is 4.49. The number of hydrogen-bond acceptors (Lipinski definition) is 7. The molecule has 0 atom stereocenters. The van der Waals surface area contributed by atoms with Crippen LogP contribution in [0, 0.1) is 12.7 Å². The van der Waals surface area contributed by atoms with E-state index in [1.165, 1.54) is 29.1 Å². The van der Waals surface area contributed by atoms with Gasteiger partial charge in [0.1, 0.15) is 16.9 Å². The Morgan fingerprint density at radius 1 is 1.31 bits per heavy atom. The quantitative estimate of drug-likeness (QED) is 0.452. The molecule has 1 N–H and O–H groups in total. The van der Waals surface area contributed by atoms with Crippen LogP contribution in [0.1, 0.15) is 30.1 Å². The smallest absolute Gasteiger partial charge is 0.350 e. The molecule has 0 saturated carbocycles. The van der Waals surface area contributed by atoms with Crippen molar-refractivity contribution in [2.45, 2.75) is 32.9 Å². The lowest BCUT2D eigenvalue weighted by molar-refractivity contribution is 0.0781. The van der Waals surface area contributed by atoms with Gasteiger partial charge < -0.3 is 9.84 Å². The first-order chi connectivity index (χ1) is 15.1. The van der Waals surface area contributed by atoms with Gasteiger partial charge in [0, 0.05) is 29.0 Å². The molecule has 1 aromatic carbocycles. The third-order valence-electron chi connectivity index (χ3n) is 4.56. The fourth-order valence-electron chi connectivity index (χ4n) is 2.87. The van der Waals surface area contributed by atoms with Gasteiger partial charge in [0.05, 0.1) is 17.9 Å². The highest BCUT2D eigenvalue weighted by Gasteiger charge is 2.23. The van der Waals surface area contributed by atoms with Crippen molar-refractivity contribution < 1.29 is 14.2 Å². The number of aromatic nitrogens is 5. The summed E-state index contributed by atoms with van der Waals surface area (Å²) in [6, 6.07) is 5.74. The molecule has 0 unspecified atom stereocenters. The van der Waals surface area contributed by atoms with Crippen molar-refractivity contribution in [3.05, 3.63) is 80.6 Å². The molecule has 0 saturated heterocycles. The molecule has 3 heterocycles. The Hall–Kier alpha value is -3.08. The summed E-state index contributed by atoms with van der Waals surface area (Å²) in [5.41, 5.74) is -0.129. The van der Waals surface area contributed by atoms with Gasteiger partial charge in [0.2, 0.25) is 5.06 Å². The second kappa shape index (κ2) is 8.45. The number of nitrogens with zero attached hydrogens (tertiary/aromatic N) is 5. The summed E-state index contributed by atoms with van der Waals surface area (Å²) in [5, 5.41) is 15.5. The number of rotatable bonds is 6. The van der Waals surface area contributed by atoms with Crippen molar-refractivity contribution in [3.8, 4) is 16.5 Å². The summed E-state index contributed by atoms with van der Waals surface area (Å²) in [4.78, 5) is 21.0. The van der Waals surface area contributed by atoms with Crippen LogP contribution in [-0.4, -0.2) is 29.4 Å². The molecule has 8 nitrogen and oxygen atoms in total. The molecule has 32 heavy (non-hydrogen) atoms. The van der Waals surface area contributed by atoms with E-state index in [-0.39, 0.29) is 18.0 Å². The minimum absolute atomic E-state index is 0.0302. The second-order valence-corrected chi connectivity index (χ2v) is 8.96. The van der Waals surface area contributed by atoms with Crippen LogP contribution in [0.4, 0.5) is 4.39 Å². The molecule has 0 bridgehead atoms.